The van der Waals surface area contributed by atoms with Crippen LogP contribution in [0.1, 0.15) is 47.1 Å². The Balaban J connectivity index is 1.41. The summed E-state index contributed by atoms with van der Waals surface area (Å²) in [5.74, 6) is -1.16. The number of rotatable bonds is 6. The normalized spacial score (nSPS) is 15.5. The Morgan fingerprint density at radius 1 is 1.06 bits per heavy atom. The van der Waals surface area contributed by atoms with Gasteiger partial charge in [-0.05, 0) is 53.6 Å². The van der Waals surface area contributed by atoms with Crippen molar-refractivity contribution in [2.24, 2.45) is 0 Å². The molecule has 2 aliphatic carbocycles. The van der Waals surface area contributed by atoms with E-state index in [1.165, 1.54) is 11.1 Å². The largest absolute Gasteiger partial charge is 0.479 e. The van der Waals surface area contributed by atoms with E-state index in [1.807, 2.05) is 31.2 Å². The SMILES string of the molecule is Cc1ccncc1C(C(=O)O)N(C(=O)OCC1c2ccccc2-c2ccccc21)C1CC1. The number of aliphatic carboxylic acids is 1. The first-order valence-electron chi connectivity index (χ1n) is 10.8. The van der Waals surface area contributed by atoms with Gasteiger partial charge in [-0.3, -0.25) is 9.88 Å². The quantitative estimate of drug-likeness (QED) is 0.602. The molecule has 1 atom stereocenters. The van der Waals surface area contributed by atoms with Gasteiger partial charge in [0.15, 0.2) is 6.04 Å². The molecule has 1 amide bonds. The Bertz CT molecular complexity index is 1140. The molecule has 0 spiro atoms. The van der Waals surface area contributed by atoms with Crippen LogP contribution in [0.15, 0.2) is 67.0 Å². The van der Waals surface area contributed by atoms with E-state index in [0.717, 1.165) is 40.7 Å². The zero-order chi connectivity index (χ0) is 22.2. The van der Waals surface area contributed by atoms with Crippen LogP contribution in [0, 0.1) is 6.92 Å². The van der Waals surface area contributed by atoms with Crippen molar-refractivity contribution < 1.29 is 19.4 Å². The molecular formula is C26H24N2O4. The van der Waals surface area contributed by atoms with Gasteiger partial charge in [-0.1, -0.05) is 48.5 Å². The van der Waals surface area contributed by atoms with Gasteiger partial charge in [-0.15, -0.1) is 0 Å². The molecule has 6 nitrogen and oxygen atoms in total. The predicted octanol–water partition coefficient (Wildman–Crippen LogP) is 4.93. The predicted molar refractivity (Wildman–Crippen MR) is 119 cm³/mol. The number of carboxylic acid groups (broad SMARTS) is 1. The number of benzene rings is 2. The number of carbonyl (C=O) groups is 2. The van der Waals surface area contributed by atoms with E-state index in [9.17, 15) is 14.7 Å². The van der Waals surface area contributed by atoms with Crippen molar-refractivity contribution in [3.8, 4) is 11.1 Å². The van der Waals surface area contributed by atoms with Gasteiger partial charge in [0.05, 0.1) is 0 Å². The highest BCUT2D eigenvalue weighted by Crippen LogP contribution is 2.45. The third kappa shape index (κ3) is 3.51. The Hall–Kier alpha value is -3.67. The van der Waals surface area contributed by atoms with Crippen LogP contribution in [0.2, 0.25) is 0 Å². The highest BCUT2D eigenvalue weighted by Gasteiger charge is 2.43. The van der Waals surface area contributed by atoms with Crippen LogP contribution >= 0.6 is 0 Å². The average Bonchev–Trinajstić information content (AvgIpc) is 3.58. The van der Waals surface area contributed by atoms with Crippen molar-refractivity contribution in [2.75, 3.05) is 6.61 Å². The maximum Gasteiger partial charge on any atom is 0.411 e. The minimum absolute atomic E-state index is 0.0733. The molecule has 1 saturated carbocycles. The smallest absolute Gasteiger partial charge is 0.411 e. The van der Waals surface area contributed by atoms with Crippen molar-refractivity contribution in [1.29, 1.82) is 0 Å². The molecule has 0 aliphatic heterocycles. The van der Waals surface area contributed by atoms with Gasteiger partial charge in [-0.25, -0.2) is 9.59 Å². The lowest BCUT2D eigenvalue weighted by Gasteiger charge is -2.29. The molecule has 0 radical (unpaired) electrons. The Kier molecular flexibility index (Phi) is 5.13. The van der Waals surface area contributed by atoms with E-state index in [1.54, 1.807) is 12.3 Å². The van der Waals surface area contributed by atoms with Crippen molar-refractivity contribution in [3.05, 3.63) is 89.2 Å². The first-order valence-corrected chi connectivity index (χ1v) is 10.8. The molecule has 1 unspecified atom stereocenters. The van der Waals surface area contributed by atoms with Crippen molar-refractivity contribution in [3.63, 3.8) is 0 Å². The summed E-state index contributed by atoms with van der Waals surface area (Å²) in [4.78, 5) is 31.0. The third-order valence-electron chi connectivity index (χ3n) is 6.37. The number of fused-ring (bicyclic) bond motifs is 3. The highest BCUT2D eigenvalue weighted by atomic mass is 16.6. The standard InChI is InChI=1S/C26H24N2O4/c1-16-12-13-27-14-22(16)24(25(29)30)28(17-10-11-17)26(31)32-15-23-20-8-4-2-6-18(20)19-7-3-5-9-21(19)23/h2-9,12-14,17,23-24H,10-11,15H2,1H3,(H,29,30). The number of aromatic nitrogens is 1. The lowest BCUT2D eigenvalue weighted by atomic mass is 9.98. The highest BCUT2D eigenvalue weighted by molar-refractivity contribution is 5.83. The lowest BCUT2D eigenvalue weighted by molar-refractivity contribution is -0.143. The fourth-order valence-electron chi connectivity index (χ4n) is 4.65. The third-order valence-corrected chi connectivity index (χ3v) is 6.37. The van der Waals surface area contributed by atoms with E-state index in [2.05, 4.69) is 29.2 Å². The molecular weight excluding hydrogens is 404 g/mol. The first kappa shape index (κ1) is 20.2. The van der Waals surface area contributed by atoms with Crippen molar-refractivity contribution in [1.82, 2.24) is 9.88 Å². The van der Waals surface area contributed by atoms with E-state index in [-0.39, 0.29) is 18.6 Å². The second-order valence-corrected chi connectivity index (χ2v) is 8.42. The summed E-state index contributed by atoms with van der Waals surface area (Å²) in [6.07, 6.45) is 4.10. The molecule has 5 rings (SSSR count). The van der Waals surface area contributed by atoms with Crippen molar-refractivity contribution in [2.45, 2.75) is 37.8 Å². The topological polar surface area (TPSA) is 79.7 Å². The van der Waals surface area contributed by atoms with Gasteiger partial charge in [0.25, 0.3) is 0 Å². The Labute approximate surface area is 186 Å². The fraction of sp³-hybridized carbons (Fsp3) is 0.269. The molecule has 2 aromatic carbocycles. The number of nitrogens with zero attached hydrogens (tertiary/aromatic N) is 2. The molecule has 6 heteroatoms. The molecule has 1 N–H and O–H groups in total. The van der Waals surface area contributed by atoms with Gasteiger partial charge < -0.3 is 9.84 Å². The molecule has 1 heterocycles. The van der Waals surface area contributed by atoms with E-state index in [0.29, 0.717) is 5.56 Å². The molecule has 0 saturated heterocycles. The molecule has 2 aliphatic rings. The minimum atomic E-state index is -1.12. The van der Waals surface area contributed by atoms with Crippen LogP contribution in [-0.4, -0.2) is 39.7 Å². The Morgan fingerprint density at radius 3 is 2.25 bits per heavy atom. The van der Waals surface area contributed by atoms with Crippen LogP contribution in [-0.2, 0) is 9.53 Å². The Morgan fingerprint density at radius 2 is 1.69 bits per heavy atom. The van der Waals surface area contributed by atoms with Gasteiger partial charge in [0, 0.05) is 29.9 Å². The first-order chi connectivity index (χ1) is 15.6. The summed E-state index contributed by atoms with van der Waals surface area (Å²) in [7, 11) is 0. The maximum absolute atomic E-state index is 13.3. The molecule has 1 fully saturated rings. The summed E-state index contributed by atoms with van der Waals surface area (Å²) in [5.41, 5.74) is 5.84. The van der Waals surface area contributed by atoms with E-state index < -0.39 is 18.1 Å². The summed E-state index contributed by atoms with van der Waals surface area (Å²) in [6.45, 7) is 1.99. The number of amides is 1. The minimum Gasteiger partial charge on any atom is -0.479 e. The fourth-order valence-corrected chi connectivity index (χ4v) is 4.65. The number of hydrogen-bond acceptors (Lipinski definition) is 4. The molecule has 0 bridgehead atoms. The average molecular weight is 428 g/mol. The second-order valence-electron chi connectivity index (χ2n) is 8.42. The van der Waals surface area contributed by atoms with Gasteiger partial charge >= 0.3 is 12.1 Å². The van der Waals surface area contributed by atoms with E-state index >= 15 is 0 Å². The van der Waals surface area contributed by atoms with Gasteiger partial charge in [0.1, 0.15) is 6.61 Å². The summed E-state index contributed by atoms with van der Waals surface area (Å²) in [6, 6.07) is 16.8. The van der Waals surface area contributed by atoms with Crippen LogP contribution in [0.5, 0.6) is 0 Å². The number of ether oxygens (including phenoxy) is 1. The zero-order valence-electron chi connectivity index (χ0n) is 17.8. The number of pyridine rings is 1. The van der Waals surface area contributed by atoms with Crippen LogP contribution in [0.4, 0.5) is 4.79 Å². The van der Waals surface area contributed by atoms with Crippen molar-refractivity contribution >= 4 is 12.1 Å². The summed E-state index contributed by atoms with van der Waals surface area (Å²) in [5, 5.41) is 10.0. The zero-order valence-corrected chi connectivity index (χ0v) is 17.8. The maximum atomic E-state index is 13.3. The second kappa shape index (κ2) is 8.11. The number of carboxylic acids is 1. The monoisotopic (exact) mass is 428 g/mol. The molecule has 1 aromatic heterocycles. The summed E-state index contributed by atoms with van der Waals surface area (Å²) >= 11 is 0. The number of carbonyl (C=O) groups excluding carboxylic acids is 1. The van der Waals surface area contributed by atoms with Crippen LogP contribution in [0.3, 0.4) is 0 Å². The number of hydrogen-bond donors (Lipinski definition) is 1. The van der Waals surface area contributed by atoms with E-state index in [4.69, 9.17) is 4.74 Å². The summed E-state index contributed by atoms with van der Waals surface area (Å²) < 4.78 is 5.80. The lowest BCUT2D eigenvalue weighted by Crippen LogP contribution is -2.41. The van der Waals surface area contributed by atoms with Crippen LogP contribution < -0.4 is 0 Å². The molecule has 3 aromatic rings. The van der Waals surface area contributed by atoms with Crippen LogP contribution in [0.25, 0.3) is 11.1 Å². The van der Waals surface area contributed by atoms with Gasteiger partial charge in [-0.2, -0.15) is 0 Å². The van der Waals surface area contributed by atoms with Gasteiger partial charge in [0.2, 0.25) is 0 Å². The number of aryl methyl sites for hydroxylation is 1. The molecule has 32 heavy (non-hydrogen) atoms. The molecule has 162 valence electrons.